The van der Waals surface area contributed by atoms with E-state index in [1.807, 2.05) is 41.6 Å². The third kappa shape index (κ3) is 4.63. The highest BCUT2D eigenvalue weighted by Gasteiger charge is 2.27. The summed E-state index contributed by atoms with van der Waals surface area (Å²) in [6.07, 6.45) is 0. The summed E-state index contributed by atoms with van der Waals surface area (Å²) < 4.78 is 3.11. The number of carbonyl (C=O) groups is 1. The third-order valence-corrected chi connectivity index (χ3v) is 7.05. The molecule has 0 bridgehead atoms. The molecule has 1 aromatic carbocycles. The van der Waals surface area contributed by atoms with Crippen LogP contribution < -0.4 is 0 Å². The molecule has 1 aliphatic rings. The van der Waals surface area contributed by atoms with Crippen LogP contribution in [0.25, 0.3) is 0 Å². The van der Waals surface area contributed by atoms with Crippen molar-refractivity contribution >= 4 is 33.2 Å². The number of hydrogen-bond donors (Lipinski definition) is 0. The van der Waals surface area contributed by atoms with Crippen molar-refractivity contribution in [1.82, 2.24) is 19.6 Å². The molecule has 152 valence electrons. The van der Waals surface area contributed by atoms with Crippen LogP contribution in [0.4, 0.5) is 0 Å². The smallest absolute Gasteiger partial charge is 0.257 e. The summed E-state index contributed by atoms with van der Waals surface area (Å²) in [7, 11) is 0. The molecule has 0 N–H and O–H groups in total. The Morgan fingerprint density at radius 2 is 1.76 bits per heavy atom. The molecule has 1 saturated heterocycles. The summed E-state index contributed by atoms with van der Waals surface area (Å²) in [6.45, 7) is 8.89. The van der Waals surface area contributed by atoms with Gasteiger partial charge in [-0.3, -0.25) is 14.4 Å². The van der Waals surface area contributed by atoms with Crippen molar-refractivity contribution in [3.8, 4) is 0 Å². The monoisotopic (exact) mass is 472 g/mol. The number of hydrogen-bond acceptors (Lipinski definition) is 4. The summed E-state index contributed by atoms with van der Waals surface area (Å²) in [5.74, 6) is 0.109. The molecule has 0 unspecified atom stereocenters. The molecule has 0 aliphatic carbocycles. The molecule has 0 saturated carbocycles. The van der Waals surface area contributed by atoms with Crippen molar-refractivity contribution in [2.24, 2.45) is 0 Å². The van der Waals surface area contributed by atoms with Crippen LogP contribution in [-0.2, 0) is 13.1 Å². The summed E-state index contributed by atoms with van der Waals surface area (Å²) in [6, 6.07) is 14.5. The SMILES string of the molecule is Cc1nn(Cc2ccccc2)c(C)c1C(=O)N1CCN(Cc2ccc(Br)s2)CC1. The number of nitrogens with zero attached hydrogens (tertiary/aromatic N) is 4. The largest absolute Gasteiger partial charge is 0.336 e. The Kier molecular flexibility index (Phi) is 6.18. The Morgan fingerprint density at radius 1 is 1.03 bits per heavy atom. The van der Waals surface area contributed by atoms with Crippen LogP contribution in [0.3, 0.4) is 0 Å². The van der Waals surface area contributed by atoms with Crippen LogP contribution in [0.15, 0.2) is 46.3 Å². The van der Waals surface area contributed by atoms with Gasteiger partial charge in [0.25, 0.3) is 5.91 Å². The van der Waals surface area contributed by atoms with Crippen molar-refractivity contribution in [1.29, 1.82) is 0 Å². The zero-order valence-corrected chi connectivity index (χ0v) is 19.2. The van der Waals surface area contributed by atoms with E-state index >= 15 is 0 Å². The third-order valence-electron chi connectivity index (χ3n) is 5.44. The van der Waals surface area contributed by atoms with Crippen molar-refractivity contribution in [2.75, 3.05) is 26.2 Å². The average molecular weight is 473 g/mol. The molecule has 0 spiro atoms. The van der Waals surface area contributed by atoms with Gasteiger partial charge in [-0.05, 0) is 47.5 Å². The van der Waals surface area contributed by atoms with Gasteiger partial charge in [0, 0.05) is 43.3 Å². The summed E-state index contributed by atoms with van der Waals surface area (Å²) in [5.41, 5.74) is 3.71. The first-order valence-electron chi connectivity index (χ1n) is 9.85. The normalized spacial score (nSPS) is 15.1. The molecule has 3 aromatic rings. The fourth-order valence-electron chi connectivity index (χ4n) is 3.84. The first-order valence-corrected chi connectivity index (χ1v) is 11.5. The Labute approximate surface area is 184 Å². The Bertz CT molecular complexity index is 990. The van der Waals surface area contributed by atoms with E-state index in [4.69, 9.17) is 0 Å². The standard InChI is InChI=1S/C22H25BrN4OS/c1-16-21(17(2)27(24-16)14-18-6-4-3-5-7-18)22(28)26-12-10-25(11-13-26)15-19-8-9-20(23)29-19/h3-9H,10-15H2,1-2H3. The number of benzene rings is 1. The lowest BCUT2D eigenvalue weighted by Gasteiger charge is -2.34. The van der Waals surface area contributed by atoms with Crippen molar-refractivity contribution in [2.45, 2.75) is 26.9 Å². The number of rotatable bonds is 5. The van der Waals surface area contributed by atoms with Crippen molar-refractivity contribution < 1.29 is 4.79 Å². The quantitative estimate of drug-likeness (QED) is 0.554. The van der Waals surface area contributed by atoms with E-state index in [1.165, 1.54) is 14.2 Å². The second-order valence-electron chi connectivity index (χ2n) is 7.46. The van der Waals surface area contributed by atoms with Crippen LogP contribution in [0.5, 0.6) is 0 Å². The summed E-state index contributed by atoms with van der Waals surface area (Å²) in [5, 5.41) is 4.65. The molecule has 7 heteroatoms. The average Bonchev–Trinajstić information content (AvgIpc) is 3.25. The van der Waals surface area contributed by atoms with Crippen LogP contribution in [0.2, 0.25) is 0 Å². The van der Waals surface area contributed by atoms with E-state index in [-0.39, 0.29) is 5.91 Å². The van der Waals surface area contributed by atoms with Gasteiger partial charge in [-0.1, -0.05) is 30.3 Å². The van der Waals surface area contributed by atoms with Crippen LogP contribution >= 0.6 is 27.3 Å². The van der Waals surface area contributed by atoms with Gasteiger partial charge in [0.15, 0.2) is 0 Å². The maximum absolute atomic E-state index is 13.2. The van der Waals surface area contributed by atoms with Crippen molar-refractivity contribution in [3.63, 3.8) is 0 Å². The van der Waals surface area contributed by atoms with Gasteiger partial charge >= 0.3 is 0 Å². The van der Waals surface area contributed by atoms with Crippen LogP contribution in [-0.4, -0.2) is 51.7 Å². The summed E-state index contributed by atoms with van der Waals surface area (Å²) in [4.78, 5) is 19.0. The minimum atomic E-state index is 0.109. The van der Waals surface area contributed by atoms with Gasteiger partial charge in [0.1, 0.15) is 0 Å². The molecule has 5 nitrogen and oxygen atoms in total. The van der Waals surface area contributed by atoms with Gasteiger partial charge in [-0.25, -0.2) is 0 Å². The van der Waals surface area contributed by atoms with Gasteiger partial charge in [0.05, 0.1) is 21.6 Å². The number of amides is 1. The van der Waals surface area contributed by atoms with Gasteiger partial charge in [-0.15, -0.1) is 11.3 Å². The number of piperazine rings is 1. The topological polar surface area (TPSA) is 41.4 Å². The van der Waals surface area contributed by atoms with E-state index < -0.39 is 0 Å². The second kappa shape index (κ2) is 8.81. The number of halogens is 1. The predicted octanol–water partition coefficient (Wildman–Crippen LogP) is 4.33. The molecule has 3 heterocycles. The van der Waals surface area contributed by atoms with Crippen LogP contribution in [0.1, 0.15) is 32.2 Å². The van der Waals surface area contributed by atoms with Crippen LogP contribution in [0, 0.1) is 13.8 Å². The van der Waals surface area contributed by atoms with Crippen molar-refractivity contribution in [3.05, 3.63) is 73.6 Å². The predicted molar refractivity (Wildman–Crippen MR) is 120 cm³/mol. The lowest BCUT2D eigenvalue weighted by Crippen LogP contribution is -2.48. The first kappa shape index (κ1) is 20.3. The fraction of sp³-hybridized carbons (Fsp3) is 0.364. The molecule has 0 radical (unpaired) electrons. The van der Waals surface area contributed by atoms with E-state index in [0.29, 0.717) is 6.54 Å². The Hall–Kier alpha value is -1.96. The molecule has 4 rings (SSSR count). The molecule has 1 amide bonds. The lowest BCUT2D eigenvalue weighted by molar-refractivity contribution is 0.0628. The number of thiophene rings is 1. The molecular weight excluding hydrogens is 448 g/mol. The molecule has 2 aromatic heterocycles. The summed E-state index contributed by atoms with van der Waals surface area (Å²) >= 11 is 5.30. The zero-order valence-electron chi connectivity index (χ0n) is 16.8. The second-order valence-corrected chi connectivity index (χ2v) is 10.0. The number of carbonyl (C=O) groups excluding carboxylic acids is 1. The highest BCUT2D eigenvalue weighted by molar-refractivity contribution is 9.11. The van der Waals surface area contributed by atoms with E-state index in [2.05, 4.69) is 50.2 Å². The Morgan fingerprint density at radius 3 is 2.41 bits per heavy atom. The Balaban J connectivity index is 1.41. The fourth-order valence-corrected chi connectivity index (χ4v) is 5.37. The first-order chi connectivity index (χ1) is 14.0. The van der Waals surface area contributed by atoms with E-state index in [1.54, 1.807) is 11.3 Å². The highest BCUT2D eigenvalue weighted by Crippen LogP contribution is 2.24. The van der Waals surface area contributed by atoms with E-state index in [0.717, 1.165) is 49.7 Å². The van der Waals surface area contributed by atoms with Gasteiger partial charge < -0.3 is 4.90 Å². The molecule has 1 fully saturated rings. The molecular formula is C22H25BrN4OS. The maximum Gasteiger partial charge on any atom is 0.257 e. The van der Waals surface area contributed by atoms with Gasteiger partial charge in [0.2, 0.25) is 0 Å². The van der Waals surface area contributed by atoms with E-state index in [9.17, 15) is 4.79 Å². The molecule has 1 aliphatic heterocycles. The zero-order chi connectivity index (χ0) is 20.4. The molecule has 29 heavy (non-hydrogen) atoms. The lowest BCUT2D eigenvalue weighted by atomic mass is 10.1. The minimum absolute atomic E-state index is 0.109. The minimum Gasteiger partial charge on any atom is -0.336 e. The molecule has 0 atom stereocenters. The maximum atomic E-state index is 13.2. The number of aryl methyl sites for hydroxylation is 1. The van der Waals surface area contributed by atoms with Gasteiger partial charge in [-0.2, -0.15) is 5.10 Å². The number of aromatic nitrogens is 2. The highest BCUT2D eigenvalue weighted by atomic mass is 79.9.